The topological polar surface area (TPSA) is 64.5 Å². The van der Waals surface area contributed by atoms with Crippen molar-refractivity contribution in [3.8, 4) is 0 Å². The maximum Gasteiger partial charge on any atom is 0.0716 e. The minimum Gasteiger partial charge on any atom is -0.545 e. The van der Waals surface area contributed by atoms with Crippen LogP contribution in [-0.4, -0.2) is 12.2 Å². The third-order valence-electron chi connectivity index (χ3n) is 2.03. The van der Waals surface area contributed by atoms with Crippen LogP contribution >= 0.6 is 11.3 Å². The lowest BCUT2D eigenvalue weighted by molar-refractivity contribution is -0.255. The summed E-state index contributed by atoms with van der Waals surface area (Å²) in [4.78, 5) is 11.7. The maximum atomic E-state index is 10.6. The van der Waals surface area contributed by atoms with Crippen LogP contribution in [0.1, 0.15) is 15.2 Å². The lowest BCUT2D eigenvalue weighted by Gasteiger charge is -2.04. The largest absolute Gasteiger partial charge is 0.545 e. The number of benzene rings is 1. The maximum absolute atomic E-state index is 10.6. The molecule has 0 aliphatic rings. The second kappa shape index (κ2) is 5.27. The summed E-state index contributed by atoms with van der Waals surface area (Å²) < 4.78 is 0. The summed E-state index contributed by atoms with van der Waals surface area (Å²) in [5.41, 5.74) is 3.50. The normalized spacial score (nSPS) is 10.6. The van der Waals surface area contributed by atoms with Crippen molar-refractivity contribution in [1.29, 1.82) is 0 Å². The third-order valence-corrected chi connectivity index (χ3v) is 2.83. The van der Waals surface area contributed by atoms with Crippen LogP contribution < -0.4 is 10.5 Å². The van der Waals surface area contributed by atoms with E-state index in [1.165, 1.54) is 12.1 Å². The lowest BCUT2D eigenvalue weighted by atomic mass is 10.2. The summed E-state index contributed by atoms with van der Waals surface area (Å²) >= 11 is 1.57. The summed E-state index contributed by atoms with van der Waals surface area (Å²) in [6.45, 7) is 0. The van der Waals surface area contributed by atoms with Gasteiger partial charge in [-0.2, -0.15) is 5.10 Å². The highest BCUT2D eigenvalue weighted by molar-refractivity contribution is 7.11. The van der Waals surface area contributed by atoms with Crippen LogP contribution in [-0.2, 0) is 0 Å². The quantitative estimate of drug-likeness (QED) is 0.656. The molecule has 0 spiro atoms. The van der Waals surface area contributed by atoms with E-state index in [9.17, 15) is 9.90 Å². The Morgan fingerprint density at radius 2 is 2.24 bits per heavy atom. The summed E-state index contributed by atoms with van der Waals surface area (Å²) in [6, 6.07) is 10.2. The van der Waals surface area contributed by atoms with Crippen LogP contribution in [0.15, 0.2) is 46.9 Å². The van der Waals surface area contributed by atoms with Gasteiger partial charge in [-0.1, -0.05) is 18.2 Å². The average molecular weight is 245 g/mol. The van der Waals surface area contributed by atoms with Gasteiger partial charge >= 0.3 is 0 Å². The molecule has 0 aliphatic heterocycles. The first-order valence-corrected chi connectivity index (χ1v) is 5.77. The number of carbonyl (C=O) groups is 1. The van der Waals surface area contributed by atoms with Crippen molar-refractivity contribution >= 4 is 29.2 Å². The first kappa shape index (κ1) is 11.3. The minimum atomic E-state index is -1.20. The van der Waals surface area contributed by atoms with Crippen molar-refractivity contribution in [1.82, 2.24) is 0 Å². The number of anilines is 1. The molecule has 0 radical (unpaired) electrons. The first-order chi connectivity index (χ1) is 8.25. The number of thiophene rings is 1. The number of carboxylic acid groups (broad SMARTS) is 1. The molecule has 0 atom stereocenters. The molecule has 0 fully saturated rings. The molecular formula is C12H9N2O2S-. The SMILES string of the molecule is O=C([O-])c1cccc(N/N=C\c2cccs2)c1. The number of rotatable bonds is 4. The predicted octanol–water partition coefficient (Wildman–Crippen LogP) is 1.56. The van der Waals surface area contributed by atoms with Crippen molar-refractivity contribution in [2.24, 2.45) is 5.10 Å². The van der Waals surface area contributed by atoms with Gasteiger partial charge in [-0.25, -0.2) is 0 Å². The van der Waals surface area contributed by atoms with Gasteiger partial charge in [0.1, 0.15) is 0 Å². The summed E-state index contributed by atoms with van der Waals surface area (Å²) in [5, 5.41) is 16.6. The molecule has 0 unspecified atom stereocenters. The van der Waals surface area contributed by atoms with E-state index in [4.69, 9.17) is 0 Å². The van der Waals surface area contributed by atoms with E-state index >= 15 is 0 Å². The van der Waals surface area contributed by atoms with Gasteiger partial charge in [0.2, 0.25) is 0 Å². The first-order valence-electron chi connectivity index (χ1n) is 4.90. The molecular weight excluding hydrogens is 236 g/mol. The molecule has 1 aromatic heterocycles. The third kappa shape index (κ3) is 3.15. The van der Waals surface area contributed by atoms with E-state index in [0.717, 1.165) is 4.88 Å². The molecule has 0 saturated carbocycles. The molecule has 2 rings (SSSR count). The Kier molecular flexibility index (Phi) is 3.52. The van der Waals surface area contributed by atoms with E-state index in [-0.39, 0.29) is 5.56 Å². The number of nitrogens with zero attached hydrogens (tertiary/aromatic N) is 1. The van der Waals surface area contributed by atoms with E-state index in [1.807, 2.05) is 17.5 Å². The zero-order valence-corrected chi connectivity index (χ0v) is 9.61. The number of nitrogens with one attached hydrogen (secondary N) is 1. The summed E-state index contributed by atoms with van der Waals surface area (Å²) in [6.07, 6.45) is 1.68. The van der Waals surface area contributed by atoms with Crippen LogP contribution in [0.3, 0.4) is 0 Å². The zero-order valence-electron chi connectivity index (χ0n) is 8.79. The van der Waals surface area contributed by atoms with Crippen LogP contribution in [0.5, 0.6) is 0 Å². The van der Waals surface area contributed by atoms with Crippen molar-refractivity contribution in [3.05, 3.63) is 52.2 Å². The van der Waals surface area contributed by atoms with E-state index in [0.29, 0.717) is 5.69 Å². The molecule has 1 N–H and O–H groups in total. The van der Waals surface area contributed by atoms with Crippen molar-refractivity contribution in [2.45, 2.75) is 0 Å². The second-order valence-corrected chi connectivity index (χ2v) is 4.23. The molecule has 1 heterocycles. The smallest absolute Gasteiger partial charge is 0.0716 e. The molecule has 0 aliphatic carbocycles. The molecule has 0 amide bonds. The molecule has 86 valence electrons. The fraction of sp³-hybridized carbons (Fsp3) is 0. The Hall–Kier alpha value is -2.14. The van der Waals surface area contributed by atoms with Gasteiger partial charge in [0.05, 0.1) is 17.9 Å². The van der Waals surface area contributed by atoms with Gasteiger partial charge in [-0.05, 0) is 29.1 Å². The van der Waals surface area contributed by atoms with Crippen LogP contribution in [0.2, 0.25) is 0 Å². The van der Waals surface area contributed by atoms with Crippen molar-refractivity contribution in [2.75, 3.05) is 5.43 Å². The van der Waals surface area contributed by atoms with Gasteiger partial charge in [-0.3, -0.25) is 5.43 Å². The van der Waals surface area contributed by atoms with Gasteiger partial charge in [0.25, 0.3) is 0 Å². The Balaban J connectivity index is 2.04. The molecule has 17 heavy (non-hydrogen) atoms. The van der Waals surface area contributed by atoms with Crippen LogP contribution in [0.25, 0.3) is 0 Å². The Labute approximate surface area is 102 Å². The fourth-order valence-corrected chi connectivity index (χ4v) is 1.84. The minimum absolute atomic E-state index is 0.126. The number of hydrogen-bond donors (Lipinski definition) is 1. The number of carbonyl (C=O) groups excluding carboxylic acids is 1. The Morgan fingerprint density at radius 1 is 1.35 bits per heavy atom. The molecule has 1 aromatic carbocycles. The number of hydrazone groups is 1. The molecule has 0 bridgehead atoms. The molecule has 5 heteroatoms. The predicted molar refractivity (Wildman–Crippen MR) is 66.3 cm³/mol. The fourth-order valence-electron chi connectivity index (χ4n) is 1.25. The second-order valence-electron chi connectivity index (χ2n) is 3.25. The van der Waals surface area contributed by atoms with Gasteiger partial charge in [0.15, 0.2) is 0 Å². The highest BCUT2D eigenvalue weighted by Gasteiger charge is 1.95. The molecule has 4 nitrogen and oxygen atoms in total. The van der Waals surface area contributed by atoms with Gasteiger partial charge in [0, 0.05) is 4.88 Å². The Bertz CT molecular complexity index is 535. The number of aromatic carboxylic acids is 1. The number of hydrogen-bond acceptors (Lipinski definition) is 5. The average Bonchev–Trinajstić information content (AvgIpc) is 2.82. The van der Waals surface area contributed by atoms with Gasteiger partial charge in [-0.15, -0.1) is 11.3 Å². The molecule has 0 saturated heterocycles. The van der Waals surface area contributed by atoms with E-state index < -0.39 is 5.97 Å². The lowest BCUT2D eigenvalue weighted by Crippen LogP contribution is -2.22. The van der Waals surface area contributed by atoms with E-state index in [1.54, 1.807) is 29.7 Å². The van der Waals surface area contributed by atoms with Gasteiger partial charge < -0.3 is 9.90 Å². The van der Waals surface area contributed by atoms with Crippen molar-refractivity contribution in [3.63, 3.8) is 0 Å². The summed E-state index contributed by atoms with van der Waals surface area (Å²) in [7, 11) is 0. The highest BCUT2D eigenvalue weighted by atomic mass is 32.1. The number of carboxylic acids is 1. The highest BCUT2D eigenvalue weighted by Crippen LogP contribution is 2.10. The Morgan fingerprint density at radius 3 is 2.94 bits per heavy atom. The standard InChI is InChI=1S/C12H10N2O2S/c15-12(16)9-3-1-4-10(7-9)14-13-8-11-5-2-6-17-11/h1-8,14H,(H,15,16)/p-1/b13-8-. The van der Waals surface area contributed by atoms with Crippen molar-refractivity contribution < 1.29 is 9.90 Å². The van der Waals surface area contributed by atoms with E-state index in [2.05, 4.69) is 10.5 Å². The molecule has 2 aromatic rings. The monoisotopic (exact) mass is 245 g/mol. The van der Waals surface area contributed by atoms with Crippen LogP contribution in [0.4, 0.5) is 5.69 Å². The summed E-state index contributed by atoms with van der Waals surface area (Å²) in [5.74, 6) is -1.20. The zero-order chi connectivity index (χ0) is 12.1. The van der Waals surface area contributed by atoms with Crippen LogP contribution in [0, 0.1) is 0 Å².